The Morgan fingerprint density at radius 3 is 2.89 bits per heavy atom. The number of rotatable bonds is 3. The molecule has 0 aromatic heterocycles. The molecule has 1 amide bonds. The van der Waals surface area contributed by atoms with Crippen molar-refractivity contribution in [2.24, 2.45) is 11.8 Å². The van der Waals surface area contributed by atoms with Crippen LogP contribution in [-0.2, 0) is 11.2 Å². The third-order valence-corrected chi connectivity index (χ3v) is 4.83. The van der Waals surface area contributed by atoms with Gasteiger partial charge < -0.3 is 5.32 Å². The molecule has 2 fully saturated rings. The molecule has 0 unspecified atom stereocenters. The molecule has 0 saturated heterocycles. The maximum Gasteiger partial charge on any atom is 0.224 e. The lowest BCUT2D eigenvalue weighted by Crippen LogP contribution is -2.39. The van der Waals surface area contributed by atoms with Gasteiger partial charge in [-0.05, 0) is 48.8 Å². The molecule has 18 heavy (non-hydrogen) atoms. The van der Waals surface area contributed by atoms with Crippen molar-refractivity contribution in [2.75, 3.05) is 0 Å². The SMILES string of the molecule is O=C(Cc1cccc(Br)c1)N[C@H]1C[C@H]2CC[C@@H]1C2. The molecule has 3 heteroatoms. The van der Waals surface area contributed by atoms with Crippen LogP contribution in [0.1, 0.15) is 31.2 Å². The van der Waals surface area contributed by atoms with Crippen LogP contribution in [0.3, 0.4) is 0 Å². The molecule has 0 aliphatic heterocycles. The van der Waals surface area contributed by atoms with Gasteiger partial charge in [-0.2, -0.15) is 0 Å². The molecule has 3 atom stereocenters. The average molecular weight is 308 g/mol. The minimum Gasteiger partial charge on any atom is -0.353 e. The molecule has 1 aromatic rings. The van der Waals surface area contributed by atoms with E-state index in [1.165, 1.54) is 25.7 Å². The first-order chi connectivity index (χ1) is 8.70. The number of carbonyl (C=O) groups excluding carboxylic acids is 1. The molecule has 0 radical (unpaired) electrons. The zero-order chi connectivity index (χ0) is 12.5. The van der Waals surface area contributed by atoms with Crippen molar-refractivity contribution in [3.63, 3.8) is 0 Å². The standard InChI is InChI=1S/C15H18BrNO/c16-13-3-1-2-10(7-13)9-15(18)17-14-8-11-4-5-12(14)6-11/h1-3,7,11-12,14H,4-6,8-9H2,(H,17,18)/t11-,12+,14-/m0/s1. The maximum atomic E-state index is 12.0. The Kier molecular flexibility index (Phi) is 3.42. The fourth-order valence-corrected chi connectivity index (χ4v) is 3.96. The lowest BCUT2D eigenvalue weighted by molar-refractivity contribution is -0.121. The first-order valence-corrected chi connectivity index (χ1v) is 7.54. The minimum absolute atomic E-state index is 0.172. The van der Waals surface area contributed by atoms with E-state index in [0.29, 0.717) is 12.5 Å². The highest BCUT2D eigenvalue weighted by molar-refractivity contribution is 9.10. The third-order valence-electron chi connectivity index (χ3n) is 4.34. The third kappa shape index (κ3) is 2.61. The van der Waals surface area contributed by atoms with E-state index in [1.807, 2.05) is 24.3 Å². The highest BCUT2D eigenvalue weighted by Gasteiger charge is 2.39. The van der Waals surface area contributed by atoms with Gasteiger partial charge in [-0.1, -0.05) is 34.5 Å². The summed E-state index contributed by atoms with van der Waals surface area (Å²) in [6, 6.07) is 8.43. The lowest BCUT2D eigenvalue weighted by Gasteiger charge is -2.22. The van der Waals surface area contributed by atoms with Gasteiger partial charge in [-0.3, -0.25) is 4.79 Å². The number of benzene rings is 1. The van der Waals surface area contributed by atoms with Gasteiger partial charge in [0.25, 0.3) is 0 Å². The molecule has 1 aromatic carbocycles. The normalized spacial score (nSPS) is 29.5. The van der Waals surface area contributed by atoms with Crippen LogP contribution in [0.4, 0.5) is 0 Å². The molecule has 2 aliphatic carbocycles. The van der Waals surface area contributed by atoms with Crippen molar-refractivity contribution in [2.45, 2.75) is 38.1 Å². The number of hydrogen-bond donors (Lipinski definition) is 1. The van der Waals surface area contributed by atoms with E-state index in [4.69, 9.17) is 0 Å². The summed E-state index contributed by atoms with van der Waals surface area (Å²) in [6.45, 7) is 0. The summed E-state index contributed by atoms with van der Waals surface area (Å²) in [5.41, 5.74) is 1.07. The number of hydrogen-bond acceptors (Lipinski definition) is 1. The molecule has 1 N–H and O–H groups in total. The van der Waals surface area contributed by atoms with Crippen LogP contribution < -0.4 is 5.32 Å². The first kappa shape index (κ1) is 12.2. The van der Waals surface area contributed by atoms with Crippen LogP contribution in [-0.4, -0.2) is 11.9 Å². The van der Waals surface area contributed by atoms with Gasteiger partial charge >= 0.3 is 0 Å². The van der Waals surface area contributed by atoms with Crippen LogP contribution in [0.5, 0.6) is 0 Å². The van der Waals surface area contributed by atoms with Crippen LogP contribution in [0.15, 0.2) is 28.7 Å². The summed E-state index contributed by atoms with van der Waals surface area (Å²) in [5.74, 6) is 1.80. The van der Waals surface area contributed by atoms with Crippen molar-refractivity contribution in [1.82, 2.24) is 5.32 Å². The monoisotopic (exact) mass is 307 g/mol. The molecular weight excluding hydrogens is 290 g/mol. The largest absolute Gasteiger partial charge is 0.353 e. The van der Waals surface area contributed by atoms with Crippen molar-refractivity contribution in [3.8, 4) is 0 Å². The summed E-state index contributed by atoms with van der Waals surface area (Å²) in [6.07, 6.45) is 5.72. The Balaban J connectivity index is 1.56. The second kappa shape index (κ2) is 5.04. The molecule has 2 nitrogen and oxygen atoms in total. The van der Waals surface area contributed by atoms with Crippen molar-refractivity contribution in [1.29, 1.82) is 0 Å². The van der Waals surface area contributed by atoms with Crippen LogP contribution in [0, 0.1) is 11.8 Å². The Labute approximate surface area is 116 Å². The van der Waals surface area contributed by atoms with Gasteiger partial charge in [0, 0.05) is 10.5 Å². The minimum atomic E-state index is 0.172. The number of carbonyl (C=O) groups is 1. The summed E-state index contributed by atoms with van der Waals surface area (Å²) in [5, 5.41) is 3.22. The van der Waals surface area contributed by atoms with Crippen molar-refractivity contribution < 1.29 is 4.79 Å². The van der Waals surface area contributed by atoms with E-state index in [-0.39, 0.29) is 5.91 Å². The number of amides is 1. The molecule has 0 heterocycles. The molecule has 3 rings (SSSR count). The van der Waals surface area contributed by atoms with Gasteiger partial charge in [-0.15, -0.1) is 0 Å². The maximum absolute atomic E-state index is 12.0. The van der Waals surface area contributed by atoms with E-state index in [1.54, 1.807) is 0 Å². The first-order valence-electron chi connectivity index (χ1n) is 6.74. The Bertz CT molecular complexity index is 460. The molecule has 96 valence electrons. The number of halogens is 1. The molecular formula is C15H18BrNO. The van der Waals surface area contributed by atoms with E-state index < -0.39 is 0 Å². The Morgan fingerprint density at radius 2 is 2.22 bits per heavy atom. The predicted octanol–water partition coefficient (Wildman–Crippen LogP) is 3.30. The van der Waals surface area contributed by atoms with Crippen LogP contribution >= 0.6 is 15.9 Å². The molecule has 2 aliphatic rings. The van der Waals surface area contributed by atoms with Gasteiger partial charge in [0.2, 0.25) is 5.91 Å². The van der Waals surface area contributed by atoms with Gasteiger partial charge in [0.1, 0.15) is 0 Å². The van der Waals surface area contributed by atoms with Crippen LogP contribution in [0.2, 0.25) is 0 Å². The molecule has 2 bridgehead atoms. The quantitative estimate of drug-likeness (QED) is 0.912. The fourth-order valence-electron chi connectivity index (χ4n) is 3.51. The van der Waals surface area contributed by atoms with E-state index in [0.717, 1.165) is 21.9 Å². The summed E-state index contributed by atoms with van der Waals surface area (Å²) in [4.78, 5) is 12.0. The highest BCUT2D eigenvalue weighted by Crippen LogP contribution is 2.44. The second-order valence-electron chi connectivity index (χ2n) is 5.66. The Hall–Kier alpha value is -0.830. The summed E-state index contributed by atoms with van der Waals surface area (Å²) < 4.78 is 1.03. The average Bonchev–Trinajstić information content (AvgIpc) is 2.90. The summed E-state index contributed by atoms with van der Waals surface area (Å²) in [7, 11) is 0. The lowest BCUT2D eigenvalue weighted by atomic mass is 9.95. The Morgan fingerprint density at radius 1 is 1.33 bits per heavy atom. The topological polar surface area (TPSA) is 29.1 Å². The molecule has 2 saturated carbocycles. The van der Waals surface area contributed by atoms with Crippen molar-refractivity contribution in [3.05, 3.63) is 34.3 Å². The highest BCUT2D eigenvalue weighted by atomic mass is 79.9. The fraction of sp³-hybridized carbons (Fsp3) is 0.533. The van der Waals surface area contributed by atoms with Gasteiger partial charge in [0.15, 0.2) is 0 Å². The van der Waals surface area contributed by atoms with E-state index in [9.17, 15) is 4.79 Å². The zero-order valence-electron chi connectivity index (χ0n) is 10.4. The smallest absolute Gasteiger partial charge is 0.224 e. The zero-order valence-corrected chi connectivity index (χ0v) is 11.9. The van der Waals surface area contributed by atoms with Crippen LogP contribution in [0.25, 0.3) is 0 Å². The van der Waals surface area contributed by atoms with Gasteiger partial charge in [0.05, 0.1) is 6.42 Å². The summed E-state index contributed by atoms with van der Waals surface area (Å²) >= 11 is 3.44. The number of fused-ring (bicyclic) bond motifs is 2. The molecule has 0 spiro atoms. The van der Waals surface area contributed by atoms with Crippen molar-refractivity contribution >= 4 is 21.8 Å². The second-order valence-corrected chi connectivity index (χ2v) is 6.57. The van der Waals surface area contributed by atoms with E-state index >= 15 is 0 Å². The van der Waals surface area contributed by atoms with E-state index in [2.05, 4.69) is 21.2 Å². The van der Waals surface area contributed by atoms with Gasteiger partial charge in [-0.25, -0.2) is 0 Å². The predicted molar refractivity (Wildman–Crippen MR) is 75.2 cm³/mol. The number of nitrogens with one attached hydrogen (secondary N) is 1.